The minimum atomic E-state index is -0.696. The van der Waals surface area contributed by atoms with Crippen molar-refractivity contribution < 1.29 is 43.3 Å². The molecule has 6 N–H and O–H groups in total. The molecule has 2 aliphatic rings. The Morgan fingerprint density at radius 3 is 2.40 bits per heavy atom. The van der Waals surface area contributed by atoms with E-state index in [9.17, 15) is 29.1 Å². The predicted octanol–water partition coefficient (Wildman–Crippen LogP) is 4.91. The lowest BCUT2D eigenvalue weighted by molar-refractivity contribution is -0.149. The van der Waals surface area contributed by atoms with Gasteiger partial charge in [0.15, 0.2) is 0 Å². The van der Waals surface area contributed by atoms with Gasteiger partial charge in [-0.2, -0.15) is 11.8 Å². The molecule has 18 heteroatoms. The highest BCUT2D eigenvalue weighted by molar-refractivity contribution is 8.00. The Balaban J connectivity index is 1.37. The number of carbonyl (C=O) groups excluding carboxylic acids is 5. The number of aliphatic hydroxyl groups excluding tert-OH is 1. The third kappa shape index (κ3) is 25.1. The van der Waals surface area contributed by atoms with Crippen molar-refractivity contribution in [2.75, 3.05) is 72.5 Å². The van der Waals surface area contributed by atoms with Crippen LogP contribution in [-0.4, -0.2) is 153 Å². The highest BCUT2D eigenvalue weighted by atomic mass is 32.2. The minimum Gasteiger partial charge on any atom is -0.462 e. The van der Waals surface area contributed by atoms with Crippen molar-refractivity contribution in [2.24, 2.45) is 0 Å². The number of amides is 4. The molecule has 2 fully saturated rings. The number of allylic oxidation sites excluding steroid dienone is 7. The fourth-order valence-electron chi connectivity index (χ4n) is 7.50. The van der Waals surface area contributed by atoms with Gasteiger partial charge in [-0.1, -0.05) is 66.5 Å². The van der Waals surface area contributed by atoms with Gasteiger partial charge in [0.05, 0.1) is 68.3 Å². The number of aromatic nitrogens is 1. The largest absolute Gasteiger partial charge is 0.462 e. The summed E-state index contributed by atoms with van der Waals surface area (Å²) in [6.45, 7) is 12.7. The summed E-state index contributed by atoms with van der Waals surface area (Å²) in [5, 5.41) is 28.9. The summed E-state index contributed by atoms with van der Waals surface area (Å²) in [6, 6.07) is -0.0688. The number of nitrogens with one attached hydrogen (secondary N) is 5. The van der Waals surface area contributed by atoms with E-state index in [-0.39, 0.29) is 61.0 Å². The quantitative estimate of drug-likeness (QED) is 0.0136. The summed E-state index contributed by atoms with van der Waals surface area (Å²) >= 11 is 3.37. The molecule has 1 aromatic rings. The molecule has 0 saturated carbocycles. The molecule has 0 spiro atoms. The first-order valence-electron chi connectivity index (χ1n) is 23.5. The third-order valence-electron chi connectivity index (χ3n) is 11.0. The van der Waals surface area contributed by atoms with E-state index >= 15 is 0 Å². The van der Waals surface area contributed by atoms with Gasteiger partial charge in [-0.05, 0) is 67.1 Å². The van der Waals surface area contributed by atoms with Crippen LogP contribution < -0.4 is 26.6 Å². The maximum absolute atomic E-state index is 13.2. The van der Waals surface area contributed by atoms with Gasteiger partial charge >= 0.3 is 12.0 Å². The summed E-state index contributed by atoms with van der Waals surface area (Å²) in [4.78, 5) is 67.4. The van der Waals surface area contributed by atoms with Crippen molar-refractivity contribution in [1.82, 2.24) is 36.5 Å². The number of likely N-dealkylation sites (N-methyl/N-ethyl adjacent to an activating group) is 1. The lowest BCUT2D eigenvalue weighted by atomic mass is 9.97. The van der Waals surface area contributed by atoms with Crippen molar-refractivity contribution in [2.45, 2.75) is 127 Å². The van der Waals surface area contributed by atoms with Crippen LogP contribution in [0.1, 0.15) is 96.2 Å². The molecular weight excluding hydrogens is 895 g/mol. The summed E-state index contributed by atoms with van der Waals surface area (Å²) in [6.07, 6.45) is 17.1. The number of thiazole rings is 1. The summed E-state index contributed by atoms with van der Waals surface area (Å²) < 4.78 is 16.9. The van der Waals surface area contributed by atoms with Gasteiger partial charge < -0.3 is 50.8 Å². The van der Waals surface area contributed by atoms with E-state index in [4.69, 9.17) is 19.2 Å². The number of unbranched alkanes of at least 4 members (excludes halogenated alkanes) is 1. The number of thioether (sulfide) groups is 1. The minimum absolute atomic E-state index is 0.00268. The third-order valence-corrected chi connectivity index (χ3v) is 13.4. The van der Waals surface area contributed by atoms with Gasteiger partial charge in [-0.25, -0.2) is 9.78 Å². The zero-order valence-corrected chi connectivity index (χ0v) is 42.3. The summed E-state index contributed by atoms with van der Waals surface area (Å²) in [7, 11) is 4.05. The second kappa shape index (κ2) is 32.6. The van der Waals surface area contributed by atoms with Crippen LogP contribution in [0.5, 0.6) is 0 Å². The molecule has 2 aliphatic heterocycles. The molecule has 0 radical (unpaired) electrons. The molecule has 3 unspecified atom stereocenters. The van der Waals surface area contributed by atoms with E-state index in [0.29, 0.717) is 76.7 Å². The van der Waals surface area contributed by atoms with Crippen LogP contribution in [0.2, 0.25) is 0 Å². The van der Waals surface area contributed by atoms with Crippen LogP contribution >= 0.6 is 23.1 Å². The maximum Gasteiger partial charge on any atom is 0.315 e. The first kappa shape index (κ1) is 57.1. The Hall–Kier alpha value is -4.17. The van der Waals surface area contributed by atoms with Gasteiger partial charge in [-0.15, -0.1) is 11.3 Å². The van der Waals surface area contributed by atoms with E-state index < -0.39 is 12.1 Å². The second-order valence-electron chi connectivity index (χ2n) is 17.6. The SMILES string of the molecule is CC(/C=C/C(C)=C/C(O)Cc1nc([C@@H](C)C[C@H](CC(=O)OC(C)C/C(C)=C/C=C\C=O)NCC(=O)NCCOCCOCCNC(=O)CCCCC2SC[C@@H]3NC(=O)N[C@H]23)cs1)=C\CN(C)C. The highest BCUT2D eigenvalue weighted by Crippen LogP contribution is 2.33. The molecule has 4 amide bonds. The van der Waals surface area contributed by atoms with Gasteiger partial charge in [0.25, 0.3) is 0 Å². The first-order chi connectivity index (χ1) is 32.1. The average Bonchev–Trinajstić information content (AvgIpc) is 3.99. The molecule has 0 aromatic carbocycles. The molecule has 16 nitrogen and oxygen atoms in total. The number of esters is 1. The number of ether oxygens (including phenoxy) is 3. The number of hydrogen-bond acceptors (Lipinski definition) is 14. The molecule has 0 aliphatic carbocycles. The average molecular weight is 972 g/mol. The first-order valence-corrected chi connectivity index (χ1v) is 25.4. The Labute approximate surface area is 406 Å². The Bertz CT molecular complexity index is 1850. The zero-order chi connectivity index (χ0) is 49.0. The van der Waals surface area contributed by atoms with Gasteiger partial charge in [0.2, 0.25) is 11.8 Å². The molecular formula is C49H77N7O9S2. The number of urea groups is 1. The van der Waals surface area contributed by atoms with Crippen molar-refractivity contribution in [3.05, 3.63) is 75.3 Å². The topological polar surface area (TPSA) is 210 Å². The van der Waals surface area contributed by atoms with Gasteiger partial charge in [-0.3, -0.25) is 19.2 Å². The summed E-state index contributed by atoms with van der Waals surface area (Å²) in [5.41, 5.74) is 3.91. The smallest absolute Gasteiger partial charge is 0.315 e. The number of carbonyl (C=O) groups is 5. The van der Waals surface area contributed by atoms with Crippen LogP contribution in [0, 0.1) is 0 Å². The monoisotopic (exact) mass is 972 g/mol. The lowest BCUT2D eigenvalue weighted by Crippen LogP contribution is -2.42. The zero-order valence-electron chi connectivity index (χ0n) is 40.7. The fourth-order valence-corrected chi connectivity index (χ4v) is 10.0. The van der Waals surface area contributed by atoms with E-state index in [1.807, 2.05) is 83.2 Å². The molecule has 0 bridgehead atoms. The number of aliphatic hydroxyl groups is 1. The number of rotatable bonds is 34. The lowest BCUT2D eigenvalue weighted by Gasteiger charge is -2.22. The van der Waals surface area contributed by atoms with Crippen LogP contribution in [0.25, 0.3) is 0 Å². The molecule has 2 saturated heterocycles. The Morgan fingerprint density at radius 1 is 0.970 bits per heavy atom. The summed E-state index contributed by atoms with van der Waals surface area (Å²) in [5.74, 6) is 0.234. The Kier molecular flexibility index (Phi) is 27.8. The highest BCUT2D eigenvalue weighted by Gasteiger charge is 2.42. The maximum atomic E-state index is 13.2. The van der Waals surface area contributed by atoms with E-state index in [1.165, 1.54) is 17.4 Å². The normalized spacial score (nSPS) is 19.6. The number of aldehydes is 1. The molecule has 1 aromatic heterocycles. The second-order valence-corrected chi connectivity index (χ2v) is 19.9. The van der Waals surface area contributed by atoms with Crippen molar-refractivity contribution in [3.8, 4) is 0 Å². The molecule has 7 atom stereocenters. The number of hydrogen-bond donors (Lipinski definition) is 6. The van der Waals surface area contributed by atoms with Crippen molar-refractivity contribution in [3.63, 3.8) is 0 Å². The van der Waals surface area contributed by atoms with Crippen LogP contribution in [0.3, 0.4) is 0 Å². The van der Waals surface area contributed by atoms with Crippen molar-refractivity contribution >= 4 is 53.2 Å². The van der Waals surface area contributed by atoms with Gasteiger partial charge in [0.1, 0.15) is 12.4 Å². The fraction of sp³-hybridized carbons (Fsp3) is 0.633. The van der Waals surface area contributed by atoms with Crippen LogP contribution in [0.15, 0.2) is 64.6 Å². The van der Waals surface area contributed by atoms with Crippen LogP contribution in [-0.2, 0) is 39.8 Å². The van der Waals surface area contributed by atoms with Crippen molar-refractivity contribution in [1.29, 1.82) is 0 Å². The van der Waals surface area contributed by atoms with Gasteiger partial charge in [0, 0.05) is 67.2 Å². The predicted molar refractivity (Wildman–Crippen MR) is 267 cm³/mol. The van der Waals surface area contributed by atoms with E-state index in [2.05, 4.69) is 44.5 Å². The number of nitrogens with zero attached hydrogens (tertiary/aromatic N) is 2. The Morgan fingerprint density at radius 2 is 1.69 bits per heavy atom. The molecule has 374 valence electrons. The molecule has 3 heterocycles. The van der Waals surface area contributed by atoms with Crippen LogP contribution in [0.4, 0.5) is 4.79 Å². The molecule has 67 heavy (non-hydrogen) atoms. The standard InChI is InChI=1S/C49H77N7O9S2/c1-34(17-20-56(6)7)15-16-36(3)27-40(58)30-46-53-41(32-67-46)37(4)28-39(29-47(61)65-38(5)26-35(2)12-10-11-21-57)52-31-45(60)51-19-23-64-25-24-63-22-18-50-44(59)14-9-8-13-43-48-42(33-66-43)54-49(62)55-48/h10-12,15-17,21,27,32,37-40,42-43,48,52,58H,8-9,13-14,18-20,22-26,28-31,33H2,1-7H3,(H,50,59)(H,51,60)(H2,54,55,62)/b11-10-,16-15+,34-17+,35-12+,36-27+/t37-,38?,39+,40?,42-,43?,48-/m0/s1. The molecule has 3 rings (SSSR count). The van der Waals surface area contributed by atoms with E-state index in [1.54, 1.807) is 6.08 Å². The number of fused-ring (bicyclic) bond motifs is 1. The van der Waals surface area contributed by atoms with E-state index in [0.717, 1.165) is 59.0 Å².